The minimum absolute atomic E-state index is 0.363. The summed E-state index contributed by atoms with van der Waals surface area (Å²) in [6.45, 7) is 4.94. The number of rotatable bonds is 3. The average molecular weight is 264 g/mol. The van der Waals surface area contributed by atoms with Gasteiger partial charge in [0, 0.05) is 11.7 Å². The van der Waals surface area contributed by atoms with Gasteiger partial charge in [-0.3, -0.25) is 0 Å². The summed E-state index contributed by atoms with van der Waals surface area (Å²) in [5.74, 6) is 0. The Balaban J connectivity index is 2.94. The highest BCUT2D eigenvalue weighted by Crippen LogP contribution is 2.36. The molecule has 0 bridgehead atoms. The first-order chi connectivity index (χ1) is 7.70. The predicted molar refractivity (Wildman–Crippen MR) is 63.1 cm³/mol. The maximum atomic E-state index is 12.7. The number of thioether (sulfide) groups is 1. The van der Waals surface area contributed by atoms with Crippen LogP contribution in [0.1, 0.15) is 18.2 Å². The van der Waals surface area contributed by atoms with Gasteiger partial charge in [0.1, 0.15) is 5.25 Å². The quantitative estimate of drug-likeness (QED) is 0.853. The standard InChI is InChI=1S/C11H15F3N2S/c1-6-4-7(2)16-9(5-6)17-10(8(3)15)11(12,13)14/h4-5,8,10H,15H2,1-3H3. The fourth-order valence-corrected chi connectivity index (χ4v) is 2.53. The molecule has 1 rings (SSSR count). The van der Waals surface area contributed by atoms with Crippen molar-refractivity contribution in [2.24, 2.45) is 5.73 Å². The Hall–Kier alpha value is -0.750. The molecule has 0 amide bonds. The molecule has 1 aromatic heterocycles. The maximum Gasteiger partial charge on any atom is 0.402 e. The van der Waals surface area contributed by atoms with Crippen LogP contribution in [0.15, 0.2) is 17.2 Å². The first-order valence-corrected chi connectivity index (χ1v) is 6.02. The molecule has 2 atom stereocenters. The third-order valence-electron chi connectivity index (χ3n) is 2.12. The second kappa shape index (κ2) is 5.27. The van der Waals surface area contributed by atoms with E-state index in [2.05, 4.69) is 4.98 Å². The second-order valence-electron chi connectivity index (χ2n) is 4.06. The number of alkyl halides is 3. The van der Waals surface area contributed by atoms with Crippen LogP contribution in [0.2, 0.25) is 0 Å². The fraction of sp³-hybridized carbons (Fsp3) is 0.545. The van der Waals surface area contributed by atoms with Gasteiger partial charge in [0.25, 0.3) is 0 Å². The number of hydrogen-bond donors (Lipinski definition) is 1. The molecule has 0 radical (unpaired) electrons. The average Bonchev–Trinajstić information content (AvgIpc) is 2.10. The third-order valence-corrected chi connectivity index (χ3v) is 3.52. The van der Waals surface area contributed by atoms with E-state index in [4.69, 9.17) is 5.73 Å². The normalized spacial score (nSPS) is 15.7. The monoisotopic (exact) mass is 264 g/mol. The molecule has 0 aliphatic heterocycles. The number of aromatic nitrogens is 1. The van der Waals surface area contributed by atoms with Gasteiger partial charge in [-0.1, -0.05) is 11.8 Å². The van der Waals surface area contributed by atoms with E-state index in [9.17, 15) is 13.2 Å². The van der Waals surface area contributed by atoms with Crippen LogP contribution in [0, 0.1) is 13.8 Å². The number of halogens is 3. The number of pyridine rings is 1. The molecule has 0 aliphatic carbocycles. The summed E-state index contributed by atoms with van der Waals surface area (Å²) >= 11 is 0.671. The zero-order chi connectivity index (χ0) is 13.2. The molecule has 0 spiro atoms. The lowest BCUT2D eigenvalue weighted by Crippen LogP contribution is -2.40. The summed E-state index contributed by atoms with van der Waals surface area (Å²) in [6.07, 6.45) is -4.32. The van der Waals surface area contributed by atoms with E-state index >= 15 is 0 Å². The lowest BCUT2D eigenvalue weighted by Gasteiger charge is -2.22. The molecule has 0 fully saturated rings. The van der Waals surface area contributed by atoms with Gasteiger partial charge >= 0.3 is 6.18 Å². The van der Waals surface area contributed by atoms with Crippen LogP contribution in [-0.2, 0) is 0 Å². The highest BCUT2D eigenvalue weighted by atomic mass is 32.2. The molecule has 0 saturated heterocycles. The maximum absolute atomic E-state index is 12.7. The Labute approximate surface area is 103 Å². The summed E-state index contributed by atoms with van der Waals surface area (Å²) in [5.41, 5.74) is 6.98. The molecule has 2 N–H and O–H groups in total. The SMILES string of the molecule is Cc1cc(C)nc(SC(C(C)N)C(F)(F)F)c1. The number of nitrogens with zero attached hydrogens (tertiary/aromatic N) is 1. The number of aryl methyl sites for hydroxylation is 2. The minimum atomic E-state index is -4.32. The number of hydrogen-bond acceptors (Lipinski definition) is 3. The van der Waals surface area contributed by atoms with Gasteiger partial charge in [0.05, 0.1) is 5.03 Å². The molecule has 0 aliphatic rings. The van der Waals surface area contributed by atoms with Crippen LogP contribution >= 0.6 is 11.8 Å². The van der Waals surface area contributed by atoms with E-state index in [-0.39, 0.29) is 0 Å². The third kappa shape index (κ3) is 4.20. The Kier molecular flexibility index (Phi) is 4.43. The molecule has 0 aromatic carbocycles. The molecular formula is C11H15F3N2S. The zero-order valence-corrected chi connectivity index (χ0v) is 10.7. The van der Waals surface area contributed by atoms with Crippen molar-refractivity contribution < 1.29 is 13.2 Å². The van der Waals surface area contributed by atoms with Gasteiger partial charge in [-0.05, 0) is 38.5 Å². The van der Waals surface area contributed by atoms with Crippen LogP contribution in [0.5, 0.6) is 0 Å². The fourth-order valence-electron chi connectivity index (χ4n) is 1.47. The Morgan fingerprint density at radius 1 is 1.29 bits per heavy atom. The molecule has 0 saturated carbocycles. The van der Waals surface area contributed by atoms with Crippen LogP contribution in [0.25, 0.3) is 0 Å². The van der Waals surface area contributed by atoms with Crippen molar-refractivity contribution in [1.82, 2.24) is 4.98 Å². The summed E-state index contributed by atoms with van der Waals surface area (Å²) in [6, 6.07) is 2.49. The summed E-state index contributed by atoms with van der Waals surface area (Å²) in [7, 11) is 0. The van der Waals surface area contributed by atoms with E-state index in [1.54, 1.807) is 13.0 Å². The minimum Gasteiger partial charge on any atom is -0.327 e. The lowest BCUT2D eigenvalue weighted by molar-refractivity contribution is -0.131. The van der Waals surface area contributed by atoms with E-state index < -0.39 is 17.5 Å². The van der Waals surface area contributed by atoms with Crippen molar-refractivity contribution in [1.29, 1.82) is 0 Å². The van der Waals surface area contributed by atoms with Gasteiger partial charge < -0.3 is 5.73 Å². The van der Waals surface area contributed by atoms with Crippen molar-refractivity contribution in [3.63, 3.8) is 0 Å². The molecule has 1 aromatic rings. The van der Waals surface area contributed by atoms with Crippen LogP contribution in [-0.4, -0.2) is 22.5 Å². The topological polar surface area (TPSA) is 38.9 Å². The smallest absolute Gasteiger partial charge is 0.327 e. The molecule has 2 nitrogen and oxygen atoms in total. The Bertz CT molecular complexity index is 371. The number of nitrogens with two attached hydrogens (primary N) is 1. The van der Waals surface area contributed by atoms with Crippen molar-refractivity contribution in [2.45, 2.75) is 43.3 Å². The summed E-state index contributed by atoms with van der Waals surface area (Å²) in [4.78, 5) is 4.08. The van der Waals surface area contributed by atoms with Crippen molar-refractivity contribution in [3.8, 4) is 0 Å². The highest BCUT2D eigenvalue weighted by Gasteiger charge is 2.43. The van der Waals surface area contributed by atoms with Crippen LogP contribution in [0.3, 0.4) is 0 Å². The highest BCUT2D eigenvalue weighted by molar-refractivity contribution is 8.00. The van der Waals surface area contributed by atoms with Crippen molar-refractivity contribution >= 4 is 11.8 Å². The van der Waals surface area contributed by atoms with E-state index in [1.165, 1.54) is 6.92 Å². The van der Waals surface area contributed by atoms with Crippen molar-refractivity contribution in [2.75, 3.05) is 0 Å². The summed E-state index contributed by atoms with van der Waals surface area (Å²) in [5, 5.41) is -1.27. The zero-order valence-electron chi connectivity index (χ0n) is 9.88. The van der Waals surface area contributed by atoms with Gasteiger partial charge in [-0.15, -0.1) is 0 Å². The molecule has 96 valence electrons. The molecule has 1 heterocycles. The van der Waals surface area contributed by atoms with Crippen LogP contribution in [0.4, 0.5) is 13.2 Å². The first-order valence-electron chi connectivity index (χ1n) is 5.14. The lowest BCUT2D eigenvalue weighted by atomic mass is 10.2. The first kappa shape index (κ1) is 14.3. The van der Waals surface area contributed by atoms with Gasteiger partial charge in [-0.2, -0.15) is 13.2 Å². The van der Waals surface area contributed by atoms with Gasteiger partial charge in [0.15, 0.2) is 0 Å². The predicted octanol–water partition coefficient (Wildman–Crippen LogP) is 3.07. The Morgan fingerprint density at radius 2 is 1.88 bits per heavy atom. The van der Waals surface area contributed by atoms with Gasteiger partial charge in [0.2, 0.25) is 0 Å². The van der Waals surface area contributed by atoms with E-state index in [0.717, 1.165) is 5.56 Å². The largest absolute Gasteiger partial charge is 0.402 e. The molecule has 17 heavy (non-hydrogen) atoms. The summed E-state index contributed by atoms with van der Waals surface area (Å²) < 4.78 is 38.2. The van der Waals surface area contributed by atoms with Gasteiger partial charge in [-0.25, -0.2) is 4.98 Å². The second-order valence-corrected chi connectivity index (χ2v) is 5.23. The molecular weight excluding hydrogens is 249 g/mol. The van der Waals surface area contributed by atoms with E-state index in [0.29, 0.717) is 22.5 Å². The van der Waals surface area contributed by atoms with Crippen molar-refractivity contribution in [3.05, 3.63) is 23.4 Å². The van der Waals surface area contributed by atoms with E-state index in [1.807, 2.05) is 13.0 Å². The Morgan fingerprint density at radius 3 is 2.29 bits per heavy atom. The molecule has 2 unspecified atom stereocenters. The molecule has 6 heteroatoms. The van der Waals surface area contributed by atoms with Crippen LogP contribution < -0.4 is 5.73 Å².